The molecule has 4 N–H and O–H groups in total. The number of nitrogens with zero attached hydrogens (tertiary/aromatic N) is 6. The Bertz CT molecular complexity index is 445. The lowest BCUT2D eigenvalue weighted by Crippen LogP contribution is -1.99. The normalized spacial score (nSPS) is 7.78. The van der Waals surface area contributed by atoms with Crippen molar-refractivity contribution in [3.05, 3.63) is 36.7 Å². The average Bonchev–Trinajstić information content (AvgIpc) is 2.23. The predicted octanol–water partition coefficient (Wildman–Crippen LogP) is -0.614. The largest absolute Gasteiger partial charge is 0.397 e. The molecule has 12 radical (unpaired) electrons. The van der Waals surface area contributed by atoms with Gasteiger partial charge >= 0.3 is 0 Å². The molecule has 90 valence electrons. The molecule has 0 aliphatic heterocycles. The molecule has 0 aromatic carbocycles. The van der Waals surface area contributed by atoms with Crippen LogP contribution < -0.4 is 36.1 Å². The van der Waals surface area contributed by atoms with Crippen molar-refractivity contribution in [3.8, 4) is 11.4 Å². The van der Waals surface area contributed by atoms with Crippen molar-refractivity contribution in [2.75, 3.05) is 11.5 Å². The molecule has 8 heteroatoms. The first kappa shape index (κ1) is 21.1. The molecule has 18 heavy (non-hydrogen) atoms. The summed E-state index contributed by atoms with van der Waals surface area (Å²) in [4.78, 5) is 8.29. The highest BCUT2D eigenvalue weighted by molar-refractivity contribution is 5.79. The third-order valence-electron chi connectivity index (χ3n) is 1.93. The first-order valence-electron chi connectivity index (χ1n) is 4.20. The van der Waals surface area contributed by atoms with Crippen molar-refractivity contribution in [2.45, 2.75) is 0 Å². The minimum Gasteiger partial charge on any atom is -0.397 e. The van der Waals surface area contributed by atoms with Crippen molar-refractivity contribution in [3.63, 3.8) is 0 Å². The molecular formula is C10H10N8. The van der Waals surface area contributed by atoms with E-state index in [1.54, 1.807) is 18.5 Å². The van der Waals surface area contributed by atoms with Crippen LogP contribution in [-0.4, -0.2) is 9.97 Å². The summed E-state index contributed by atoms with van der Waals surface area (Å²) >= 11 is 0. The molecule has 0 aliphatic carbocycles. The number of nitrogen functional groups attached to an aromatic ring is 2. The van der Waals surface area contributed by atoms with Crippen LogP contribution >= 0.6 is 0 Å². The van der Waals surface area contributed by atoms with Crippen molar-refractivity contribution in [2.24, 2.45) is 0 Å². The van der Waals surface area contributed by atoms with E-state index >= 15 is 0 Å². The number of anilines is 2. The van der Waals surface area contributed by atoms with Crippen molar-refractivity contribution in [1.29, 1.82) is 0 Å². The number of hydrogen-bond acceptors (Lipinski definition) is 4. The Hall–Kier alpha value is -2.26. The van der Waals surface area contributed by atoms with E-state index in [2.05, 4.69) is 9.97 Å². The van der Waals surface area contributed by atoms with Gasteiger partial charge in [0.25, 0.3) is 0 Å². The molecule has 0 spiro atoms. The highest BCUT2D eigenvalue weighted by Crippen LogP contribution is 2.25. The standard InChI is InChI=1S/C10H10N4.4N/c11-7-4-6-14-10(9(7)12)8-3-1-2-5-13-8;;;;/h1-6H,12H2,(H2,11,14);;;;. The van der Waals surface area contributed by atoms with E-state index in [1.165, 1.54) is 0 Å². The Kier molecular flexibility index (Phi) is 10.4. The maximum atomic E-state index is 5.79. The Labute approximate surface area is 106 Å². The van der Waals surface area contributed by atoms with E-state index in [9.17, 15) is 0 Å². The molecule has 0 saturated carbocycles. The second-order valence-corrected chi connectivity index (χ2v) is 2.88. The van der Waals surface area contributed by atoms with Crippen LogP contribution in [-0.2, 0) is 0 Å². The molecule has 0 bridgehead atoms. The molecular weight excluding hydrogens is 232 g/mol. The zero-order valence-electron chi connectivity index (χ0n) is 9.30. The van der Waals surface area contributed by atoms with Crippen molar-refractivity contribution < 1.29 is 0 Å². The maximum absolute atomic E-state index is 5.79. The van der Waals surface area contributed by atoms with E-state index in [0.29, 0.717) is 17.1 Å². The third kappa shape index (κ3) is 3.96. The lowest BCUT2D eigenvalue weighted by atomic mass is 10.2. The summed E-state index contributed by atoms with van der Waals surface area (Å²) < 4.78 is 0. The van der Waals surface area contributed by atoms with Gasteiger partial charge < -0.3 is 11.5 Å². The number of aromatic nitrogens is 2. The van der Waals surface area contributed by atoms with Crippen molar-refractivity contribution in [1.82, 2.24) is 34.6 Å². The summed E-state index contributed by atoms with van der Waals surface area (Å²) in [7, 11) is 0. The van der Waals surface area contributed by atoms with Crippen LogP contribution in [0.3, 0.4) is 0 Å². The Morgan fingerprint density at radius 2 is 1.44 bits per heavy atom. The molecule has 8 nitrogen and oxygen atoms in total. The van der Waals surface area contributed by atoms with E-state index < -0.39 is 0 Å². The highest BCUT2D eigenvalue weighted by Gasteiger charge is 2.06. The summed E-state index contributed by atoms with van der Waals surface area (Å²) in [6, 6.07) is 7.23. The summed E-state index contributed by atoms with van der Waals surface area (Å²) in [5, 5.41) is 0. The molecule has 2 aromatic heterocycles. The van der Waals surface area contributed by atoms with Gasteiger partial charge in [-0.15, -0.1) is 0 Å². The second kappa shape index (κ2) is 8.84. The molecule has 0 fully saturated rings. The lowest BCUT2D eigenvalue weighted by Gasteiger charge is -2.05. The van der Waals surface area contributed by atoms with Gasteiger partial charge in [0.15, 0.2) is 0 Å². The molecule has 2 heterocycles. The van der Waals surface area contributed by atoms with Gasteiger partial charge in [-0.25, -0.2) is 0 Å². The second-order valence-electron chi connectivity index (χ2n) is 2.88. The van der Waals surface area contributed by atoms with Gasteiger partial charge in [0, 0.05) is 37.0 Å². The van der Waals surface area contributed by atoms with Crippen LogP contribution in [0, 0.1) is 0 Å². The summed E-state index contributed by atoms with van der Waals surface area (Å²) in [5.41, 5.74) is 13.8. The predicted molar refractivity (Wildman–Crippen MR) is 64.8 cm³/mol. The van der Waals surface area contributed by atoms with E-state index in [-0.39, 0.29) is 24.6 Å². The maximum Gasteiger partial charge on any atom is 0.114 e. The smallest absolute Gasteiger partial charge is 0.114 e. The lowest BCUT2D eigenvalue weighted by molar-refractivity contribution is 1.25. The monoisotopic (exact) mass is 242 g/mol. The molecule has 0 atom stereocenters. The van der Waals surface area contributed by atoms with Crippen LogP contribution in [0.4, 0.5) is 11.4 Å². The van der Waals surface area contributed by atoms with Crippen LogP contribution in [0.25, 0.3) is 11.4 Å². The van der Waals surface area contributed by atoms with Gasteiger partial charge in [-0.05, 0) is 18.2 Å². The molecule has 2 aromatic rings. The van der Waals surface area contributed by atoms with Crippen molar-refractivity contribution >= 4 is 11.4 Å². The Morgan fingerprint density at radius 1 is 0.778 bits per heavy atom. The van der Waals surface area contributed by atoms with Crippen LogP contribution in [0.2, 0.25) is 0 Å². The van der Waals surface area contributed by atoms with Crippen LogP contribution in [0.1, 0.15) is 0 Å². The summed E-state index contributed by atoms with van der Waals surface area (Å²) in [5.74, 6) is 0. The van der Waals surface area contributed by atoms with Gasteiger partial charge in [-0.2, -0.15) is 0 Å². The topological polar surface area (TPSA) is 200 Å². The molecule has 0 aliphatic rings. The van der Waals surface area contributed by atoms with E-state index in [1.807, 2.05) is 18.2 Å². The van der Waals surface area contributed by atoms with Crippen LogP contribution in [0.5, 0.6) is 0 Å². The fraction of sp³-hybridized carbons (Fsp3) is 0. The number of hydrogen-bond donors (Lipinski definition) is 2. The molecule has 0 amide bonds. The number of pyridine rings is 2. The molecule has 0 unspecified atom stereocenters. The Morgan fingerprint density at radius 3 is 2.00 bits per heavy atom. The van der Waals surface area contributed by atoms with Gasteiger partial charge in [0.2, 0.25) is 0 Å². The van der Waals surface area contributed by atoms with Gasteiger partial charge in [-0.1, -0.05) is 6.07 Å². The number of rotatable bonds is 1. The van der Waals surface area contributed by atoms with E-state index in [4.69, 9.17) is 11.5 Å². The molecule has 2 rings (SSSR count). The first-order valence-corrected chi connectivity index (χ1v) is 4.20. The SMILES string of the molecule is Nc1ccnc(-c2ccccn2)c1N.[N].[N].[N].[N]. The Balaban J connectivity index is -0.000000562. The van der Waals surface area contributed by atoms with Gasteiger partial charge in [0.05, 0.1) is 17.1 Å². The highest BCUT2D eigenvalue weighted by atomic mass is 14.8. The first-order chi connectivity index (χ1) is 6.79. The zero-order chi connectivity index (χ0) is 9.97. The zero-order valence-corrected chi connectivity index (χ0v) is 9.30. The minimum atomic E-state index is 0. The fourth-order valence-corrected chi connectivity index (χ4v) is 1.20. The summed E-state index contributed by atoms with van der Waals surface area (Å²) in [6.07, 6.45) is 3.31. The quantitative estimate of drug-likeness (QED) is 0.671. The minimum absolute atomic E-state index is 0. The molecule has 0 saturated heterocycles. The summed E-state index contributed by atoms with van der Waals surface area (Å²) in [6.45, 7) is 0. The van der Waals surface area contributed by atoms with Crippen LogP contribution in [0.15, 0.2) is 36.7 Å². The third-order valence-corrected chi connectivity index (χ3v) is 1.93. The van der Waals surface area contributed by atoms with Gasteiger partial charge in [0.1, 0.15) is 5.69 Å². The number of nitrogens with two attached hydrogens (primary N) is 2. The average molecular weight is 242 g/mol. The van der Waals surface area contributed by atoms with E-state index in [0.717, 1.165) is 5.69 Å². The van der Waals surface area contributed by atoms with Gasteiger partial charge in [-0.3, -0.25) is 9.97 Å². The fourth-order valence-electron chi connectivity index (χ4n) is 1.20.